The average Bonchev–Trinajstić information content (AvgIpc) is 2.88. The number of aromatic nitrogens is 2. The lowest BCUT2D eigenvalue weighted by Gasteiger charge is -2.00. The first-order valence-electron chi connectivity index (χ1n) is 5.78. The molecule has 5 heteroatoms. The van der Waals surface area contributed by atoms with Gasteiger partial charge in [-0.1, -0.05) is 18.2 Å². The third-order valence-corrected chi connectivity index (χ3v) is 2.67. The van der Waals surface area contributed by atoms with Crippen LogP contribution in [0.3, 0.4) is 0 Å². The van der Waals surface area contributed by atoms with E-state index in [-0.39, 0.29) is 0 Å². The van der Waals surface area contributed by atoms with Gasteiger partial charge in [0, 0.05) is 22.5 Å². The summed E-state index contributed by atoms with van der Waals surface area (Å²) in [6, 6.07) is 14.8. The van der Waals surface area contributed by atoms with Gasteiger partial charge in [0.2, 0.25) is 11.8 Å². The molecule has 3 aromatic rings. The summed E-state index contributed by atoms with van der Waals surface area (Å²) in [6.07, 6.45) is 0. The minimum absolute atomic E-state index is 0.401. The van der Waals surface area contributed by atoms with Crippen molar-refractivity contribution in [2.24, 2.45) is 0 Å². The summed E-state index contributed by atoms with van der Waals surface area (Å²) in [5.41, 5.74) is 14.2. The Morgan fingerprint density at radius 3 is 1.95 bits per heavy atom. The van der Waals surface area contributed by atoms with Gasteiger partial charge in [0.25, 0.3) is 0 Å². The van der Waals surface area contributed by atoms with Crippen LogP contribution in [0.2, 0.25) is 0 Å². The second-order valence-corrected chi connectivity index (χ2v) is 4.17. The van der Waals surface area contributed by atoms with Gasteiger partial charge in [-0.3, -0.25) is 0 Å². The van der Waals surface area contributed by atoms with E-state index in [9.17, 15) is 0 Å². The van der Waals surface area contributed by atoms with Crippen LogP contribution in [-0.2, 0) is 0 Å². The maximum Gasteiger partial charge on any atom is 0.248 e. The van der Waals surface area contributed by atoms with Crippen LogP contribution in [0.4, 0.5) is 11.4 Å². The lowest BCUT2D eigenvalue weighted by atomic mass is 10.2. The van der Waals surface area contributed by atoms with Crippen molar-refractivity contribution in [3.8, 4) is 22.9 Å². The molecule has 4 N–H and O–H groups in total. The largest absolute Gasteiger partial charge is 0.416 e. The van der Waals surface area contributed by atoms with E-state index < -0.39 is 0 Å². The highest BCUT2D eigenvalue weighted by atomic mass is 16.4. The molecule has 94 valence electrons. The molecule has 0 bridgehead atoms. The second-order valence-electron chi connectivity index (χ2n) is 4.17. The summed E-state index contributed by atoms with van der Waals surface area (Å²) in [6.45, 7) is 0. The third-order valence-electron chi connectivity index (χ3n) is 2.67. The number of benzene rings is 2. The van der Waals surface area contributed by atoms with Crippen molar-refractivity contribution in [2.45, 2.75) is 0 Å². The van der Waals surface area contributed by atoms with Crippen molar-refractivity contribution in [1.82, 2.24) is 10.2 Å². The molecule has 0 amide bonds. The van der Waals surface area contributed by atoms with Crippen LogP contribution in [0.25, 0.3) is 22.9 Å². The van der Waals surface area contributed by atoms with E-state index >= 15 is 0 Å². The molecular weight excluding hydrogens is 240 g/mol. The van der Waals surface area contributed by atoms with Gasteiger partial charge in [-0.15, -0.1) is 10.2 Å². The highest BCUT2D eigenvalue weighted by Crippen LogP contribution is 2.26. The Bertz CT molecular complexity index is 686. The lowest BCUT2D eigenvalue weighted by molar-refractivity contribution is 0.584. The smallest absolute Gasteiger partial charge is 0.248 e. The number of hydrogen-bond acceptors (Lipinski definition) is 5. The summed E-state index contributed by atoms with van der Waals surface area (Å²) in [4.78, 5) is 0. The van der Waals surface area contributed by atoms with Gasteiger partial charge in [0.05, 0.1) is 0 Å². The molecule has 0 aliphatic heterocycles. The Labute approximate surface area is 109 Å². The first-order valence-corrected chi connectivity index (χ1v) is 5.78. The summed E-state index contributed by atoms with van der Waals surface area (Å²) >= 11 is 0. The topological polar surface area (TPSA) is 91.0 Å². The molecule has 1 heterocycles. The zero-order valence-electron chi connectivity index (χ0n) is 10.1. The van der Waals surface area contributed by atoms with Gasteiger partial charge in [-0.05, 0) is 30.3 Å². The van der Waals surface area contributed by atoms with E-state index in [0.29, 0.717) is 28.7 Å². The lowest BCUT2D eigenvalue weighted by Crippen LogP contribution is -1.91. The van der Waals surface area contributed by atoms with Gasteiger partial charge in [-0.2, -0.15) is 0 Å². The molecule has 3 rings (SSSR count). The van der Waals surface area contributed by atoms with E-state index in [4.69, 9.17) is 15.9 Å². The molecule has 1 aromatic heterocycles. The van der Waals surface area contributed by atoms with Gasteiger partial charge in [0.1, 0.15) is 0 Å². The van der Waals surface area contributed by atoms with Crippen LogP contribution in [0.1, 0.15) is 0 Å². The van der Waals surface area contributed by atoms with Crippen LogP contribution in [-0.4, -0.2) is 10.2 Å². The van der Waals surface area contributed by atoms with Gasteiger partial charge >= 0.3 is 0 Å². The molecule has 19 heavy (non-hydrogen) atoms. The van der Waals surface area contributed by atoms with Gasteiger partial charge < -0.3 is 15.9 Å². The number of nitrogens with two attached hydrogens (primary N) is 2. The van der Waals surface area contributed by atoms with E-state index in [1.165, 1.54) is 0 Å². The van der Waals surface area contributed by atoms with Crippen LogP contribution in [0.5, 0.6) is 0 Å². The quantitative estimate of drug-likeness (QED) is 0.684. The fourth-order valence-corrected chi connectivity index (χ4v) is 1.84. The molecule has 0 aliphatic carbocycles. The summed E-state index contributed by atoms with van der Waals surface area (Å²) in [5, 5.41) is 8.04. The Morgan fingerprint density at radius 1 is 0.737 bits per heavy atom. The predicted octanol–water partition coefficient (Wildman–Crippen LogP) is 2.57. The standard InChI is InChI=1S/C14H12N4O/c15-11-6-10(7-12(16)8-11)14-18-17-13(19-14)9-4-2-1-3-5-9/h1-8H,15-16H2. The van der Waals surface area contributed by atoms with E-state index in [2.05, 4.69) is 10.2 Å². The summed E-state index contributed by atoms with van der Waals surface area (Å²) in [7, 11) is 0. The van der Waals surface area contributed by atoms with Crippen molar-refractivity contribution >= 4 is 11.4 Å². The fraction of sp³-hybridized carbons (Fsp3) is 0. The number of rotatable bonds is 2. The number of hydrogen-bond donors (Lipinski definition) is 2. The summed E-state index contributed by atoms with van der Waals surface area (Å²) in [5.74, 6) is 0.870. The molecule has 0 radical (unpaired) electrons. The van der Waals surface area contributed by atoms with Crippen molar-refractivity contribution in [2.75, 3.05) is 11.5 Å². The zero-order chi connectivity index (χ0) is 13.2. The first-order chi connectivity index (χ1) is 9.22. The average molecular weight is 252 g/mol. The van der Waals surface area contributed by atoms with Crippen molar-refractivity contribution < 1.29 is 4.42 Å². The normalized spacial score (nSPS) is 10.5. The third kappa shape index (κ3) is 2.26. The van der Waals surface area contributed by atoms with Crippen LogP contribution in [0, 0.1) is 0 Å². The Hall–Kier alpha value is -2.82. The molecular formula is C14H12N4O. The number of nitrogen functional groups attached to an aromatic ring is 2. The van der Waals surface area contributed by atoms with Crippen LogP contribution >= 0.6 is 0 Å². The summed E-state index contributed by atoms with van der Waals surface area (Å²) < 4.78 is 5.63. The molecule has 0 saturated heterocycles. The minimum atomic E-state index is 0.401. The molecule has 0 saturated carbocycles. The maximum atomic E-state index is 5.74. The number of anilines is 2. The molecule has 0 spiro atoms. The first kappa shape index (κ1) is 11.3. The SMILES string of the molecule is Nc1cc(N)cc(-c2nnc(-c3ccccc3)o2)c1. The Balaban J connectivity index is 2.02. The molecule has 0 unspecified atom stereocenters. The molecule has 0 atom stereocenters. The van der Waals surface area contributed by atoms with E-state index in [1.807, 2.05) is 30.3 Å². The Morgan fingerprint density at radius 2 is 1.32 bits per heavy atom. The highest BCUT2D eigenvalue weighted by molar-refractivity contribution is 5.67. The predicted molar refractivity (Wildman–Crippen MR) is 74.0 cm³/mol. The van der Waals surface area contributed by atoms with Gasteiger partial charge in [-0.25, -0.2) is 0 Å². The van der Waals surface area contributed by atoms with Gasteiger partial charge in [0.15, 0.2) is 0 Å². The molecule has 2 aromatic carbocycles. The van der Waals surface area contributed by atoms with Crippen molar-refractivity contribution in [3.05, 3.63) is 48.5 Å². The van der Waals surface area contributed by atoms with E-state index in [0.717, 1.165) is 5.56 Å². The van der Waals surface area contributed by atoms with Crippen molar-refractivity contribution in [3.63, 3.8) is 0 Å². The monoisotopic (exact) mass is 252 g/mol. The van der Waals surface area contributed by atoms with Crippen molar-refractivity contribution in [1.29, 1.82) is 0 Å². The second kappa shape index (κ2) is 4.45. The molecule has 0 aliphatic rings. The maximum absolute atomic E-state index is 5.74. The number of nitrogens with zero attached hydrogens (tertiary/aromatic N) is 2. The highest BCUT2D eigenvalue weighted by Gasteiger charge is 2.10. The molecule has 5 nitrogen and oxygen atoms in total. The Kier molecular flexibility index (Phi) is 2.64. The zero-order valence-corrected chi connectivity index (χ0v) is 10.1. The van der Waals surface area contributed by atoms with Crippen LogP contribution in [0.15, 0.2) is 52.9 Å². The molecule has 0 fully saturated rings. The van der Waals surface area contributed by atoms with Crippen LogP contribution < -0.4 is 11.5 Å². The van der Waals surface area contributed by atoms with E-state index in [1.54, 1.807) is 18.2 Å². The minimum Gasteiger partial charge on any atom is -0.416 e. The fourth-order valence-electron chi connectivity index (χ4n) is 1.84.